The number of halogens is 3. The van der Waals surface area contributed by atoms with Gasteiger partial charge in [-0.2, -0.15) is 0 Å². The molecule has 1 nitrogen and oxygen atoms in total. The lowest BCUT2D eigenvalue weighted by Crippen LogP contribution is -2.31. The van der Waals surface area contributed by atoms with Crippen molar-refractivity contribution in [3.05, 3.63) is 26.7 Å². The second-order valence-electron chi connectivity index (χ2n) is 5.82. The van der Waals surface area contributed by atoms with Crippen LogP contribution in [0.2, 0.25) is 10.0 Å². The van der Waals surface area contributed by atoms with Crippen LogP contribution in [0.4, 0.5) is 5.69 Å². The van der Waals surface area contributed by atoms with E-state index in [0.29, 0.717) is 21.5 Å². The topological polar surface area (TPSA) is 12.0 Å². The summed E-state index contributed by atoms with van der Waals surface area (Å²) in [5.41, 5.74) is 1.36. The van der Waals surface area contributed by atoms with Crippen LogP contribution in [0, 0.1) is 5.41 Å². The average molecular weight is 351 g/mol. The number of rotatable bonds is 2. The summed E-state index contributed by atoms with van der Waals surface area (Å²) in [6.45, 7) is 4.66. The fraction of sp³-hybridized carbons (Fsp3) is 0.571. The van der Waals surface area contributed by atoms with Gasteiger partial charge in [0.25, 0.3) is 0 Å². The second kappa shape index (κ2) is 5.60. The fourth-order valence-corrected chi connectivity index (χ4v) is 3.51. The third-order valence-electron chi connectivity index (χ3n) is 3.60. The van der Waals surface area contributed by atoms with Gasteiger partial charge in [-0.25, -0.2) is 0 Å². The van der Waals surface area contributed by atoms with E-state index in [1.807, 2.05) is 12.1 Å². The summed E-state index contributed by atoms with van der Waals surface area (Å²) in [5, 5.41) is 4.72. The molecule has 1 N–H and O–H groups in total. The minimum Gasteiger partial charge on any atom is -0.381 e. The molecule has 0 amide bonds. The average Bonchev–Trinajstić information content (AvgIpc) is 2.29. The zero-order valence-electron chi connectivity index (χ0n) is 10.7. The van der Waals surface area contributed by atoms with E-state index in [4.69, 9.17) is 23.2 Å². The van der Waals surface area contributed by atoms with Crippen molar-refractivity contribution >= 4 is 44.8 Å². The molecule has 1 atom stereocenters. The number of hydrogen-bond acceptors (Lipinski definition) is 1. The Kier molecular flexibility index (Phi) is 4.51. The largest absolute Gasteiger partial charge is 0.381 e. The molecule has 1 aliphatic carbocycles. The molecule has 0 aromatic heterocycles. The Morgan fingerprint density at radius 1 is 1.28 bits per heavy atom. The maximum atomic E-state index is 6.26. The van der Waals surface area contributed by atoms with Gasteiger partial charge in [0.1, 0.15) is 0 Å². The first-order valence-electron chi connectivity index (χ1n) is 6.29. The molecule has 100 valence electrons. The molecule has 0 saturated heterocycles. The summed E-state index contributed by atoms with van der Waals surface area (Å²) in [6, 6.07) is 4.41. The molecule has 0 aliphatic heterocycles. The molecule has 1 saturated carbocycles. The van der Waals surface area contributed by atoms with Gasteiger partial charge < -0.3 is 5.32 Å². The first kappa shape index (κ1) is 14.5. The van der Waals surface area contributed by atoms with E-state index < -0.39 is 0 Å². The van der Waals surface area contributed by atoms with Crippen molar-refractivity contribution in [3.8, 4) is 0 Å². The molecular formula is C14H18BrCl2N. The quantitative estimate of drug-likeness (QED) is 0.632. The van der Waals surface area contributed by atoms with Gasteiger partial charge in [-0.15, -0.1) is 0 Å². The van der Waals surface area contributed by atoms with E-state index in [9.17, 15) is 0 Å². The number of anilines is 1. The van der Waals surface area contributed by atoms with Crippen LogP contribution < -0.4 is 5.32 Å². The molecule has 1 unspecified atom stereocenters. The van der Waals surface area contributed by atoms with E-state index in [-0.39, 0.29) is 0 Å². The van der Waals surface area contributed by atoms with Crippen LogP contribution in [0.1, 0.15) is 39.5 Å². The van der Waals surface area contributed by atoms with Gasteiger partial charge in [-0.05, 0) is 52.7 Å². The van der Waals surface area contributed by atoms with Crippen LogP contribution in [-0.2, 0) is 0 Å². The number of benzene rings is 1. The Morgan fingerprint density at radius 3 is 2.67 bits per heavy atom. The van der Waals surface area contributed by atoms with E-state index in [2.05, 4.69) is 35.1 Å². The van der Waals surface area contributed by atoms with E-state index >= 15 is 0 Å². The summed E-state index contributed by atoms with van der Waals surface area (Å²) in [4.78, 5) is 0. The molecule has 0 radical (unpaired) electrons. The van der Waals surface area contributed by atoms with Crippen LogP contribution in [0.25, 0.3) is 0 Å². The van der Waals surface area contributed by atoms with Crippen molar-refractivity contribution in [2.24, 2.45) is 5.41 Å². The van der Waals surface area contributed by atoms with Gasteiger partial charge in [0, 0.05) is 10.5 Å². The number of nitrogens with one attached hydrogen (secondary N) is 1. The lowest BCUT2D eigenvalue weighted by atomic mass is 9.75. The first-order chi connectivity index (χ1) is 8.39. The maximum absolute atomic E-state index is 6.26. The van der Waals surface area contributed by atoms with Crippen molar-refractivity contribution in [2.45, 2.75) is 45.6 Å². The highest BCUT2D eigenvalue weighted by atomic mass is 79.9. The molecule has 0 heterocycles. The van der Waals surface area contributed by atoms with Crippen molar-refractivity contribution in [3.63, 3.8) is 0 Å². The SMILES string of the molecule is CC1(C)CCCC(Nc2ccc(Br)c(Cl)c2Cl)C1. The third kappa shape index (κ3) is 3.34. The lowest BCUT2D eigenvalue weighted by molar-refractivity contribution is 0.229. The molecule has 1 aromatic rings. The normalized spacial score (nSPS) is 22.8. The standard InChI is InChI=1S/C14H18BrCl2N/c1-14(2)7-3-4-9(8-14)18-11-6-5-10(15)12(16)13(11)17/h5-6,9,18H,3-4,7-8H2,1-2H3. The molecule has 18 heavy (non-hydrogen) atoms. The van der Waals surface area contributed by atoms with Crippen molar-refractivity contribution in [2.75, 3.05) is 5.32 Å². The monoisotopic (exact) mass is 349 g/mol. The summed E-state index contributed by atoms with van der Waals surface area (Å²) >= 11 is 15.8. The Bertz CT molecular complexity index is 446. The Morgan fingerprint density at radius 2 is 2.00 bits per heavy atom. The molecule has 0 bridgehead atoms. The summed E-state index contributed by atoms with van der Waals surface area (Å²) in [5.74, 6) is 0. The predicted octanol–water partition coefficient (Wildman–Crippen LogP) is 6.14. The van der Waals surface area contributed by atoms with Gasteiger partial charge >= 0.3 is 0 Å². The minimum absolute atomic E-state index is 0.418. The minimum atomic E-state index is 0.418. The third-order valence-corrected chi connectivity index (χ3v) is 5.37. The first-order valence-corrected chi connectivity index (χ1v) is 7.84. The second-order valence-corrected chi connectivity index (χ2v) is 7.44. The highest BCUT2D eigenvalue weighted by Crippen LogP contribution is 2.39. The Balaban J connectivity index is 2.12. The summed E-state index contributed by atoms with van der Waals surface area (Å²) < 4.78 is 0.837. The van der Waals surface area contributed by atoms with Crippen molar-refractivity contribution in [1.82, 2.24) is 0 Å². The zero-order valence-corrected chi connectivity index (χ0v) is 13.8. The highest BCUT2D eigenvalue weighted by Gasteiger charge is 2.28. The van der Waals surface area contributed by atoms with Crippen molar-refractivity contribution < 1.29 is 0 Å². The molecule has 2 rings (SSSR count). The van der Waals surface area contributed by atoms with Crippen LogP contribution in [0.15, 0.2) is 16.6 Å². The van der Waals surface area contributed by atoms with E-state index in [0.717, 1.165) is 10.2 Å². The molecule has 1 aliphatic rings. The smallest absolute Gasteiger partial charge is 0.0835 e. The predicted molar refractivity (Wildman–Crippen MR) is 83.8 cm³/mol. The maximum Gasteiger partial charge on any atom is 0.0835 e. The van der Waals surface area contributed by atoms with Gasteiger partial charge in [0.15, 0.2) is 0 Å². The van der Waals surface area contributed by atoms with Crippen LogP contribution >= 0.6 is 39.1 Å². The fourth-order valence-electron chi connectivity index (χ4n) is 2.68. The van der Waals surface area contributed by atoms with Crippen molar-refractivity contribution in [1.29, 1.82) is 0 Å². The van der Waals surface area contributed by atoms with E-state index in [1.165, 1.54) is 25.7 Å². The van der Waals surface area contributed by atoms with Gasteiger partial charge in [0.2, 0.25) is 0 Å². The molecule has 1 fully saturated rings. The van der Waals surface area contributed by atoms with E-state index in [1.54, 1.807) is 0 Å². The zero-order chi connectivity index (χ0) is 13.3. The lowest BCUT2D eigenvalue weighted by Gasteiger charge is -2.36. The summed E-state index contributed by atoms with van der Waals surface area (Å²) in [7, 11) is 0. The Labute approximate surface area is 127 Å². The van der Waals surface area contributed by atoms with Gasteiger partial charge in [-0.1, -0.05) is 43.5 Å². The molecule has 0 spiro atoms. The van der Waals surface area contributed by atoms with Crippen LogP contribution in [0.5, 0.6) is 0 Å². The highest BCUT2D eigenvalue weighted by molar-refractivity contribution is 9.10. The molecular weight excluding hydrogens is 333 g/mol. The van der Waals surface area contributed by atoms with Gasteiger partial charge in [0.05, 0.1) is 15.7 Å². The molecule has 4 heteroatoms. The Hall–Kier alpha value is 0.0800. The summed E-state index contributed by atoms with van der Waals surface area (Å²) in [6.07, 6.45) is 4.96. The van der Waals surface area contributed by atoms with Gasteiger partial charge in [-0.3, -0.25) is 0 Å². The van der Waals surface area contributed by atoms with Crippen LogP contribution in [-0.4, -0.2) is 6.04 Å². The molecule has 1 aromatic carbocycles. The number of hydrogen-bond donors (Lipinski definition) is 1. The van der Waals surface area contributed by atoms with Crippen LogP contribution in [0.3, 0.4) is 0 Å².